The van der Waals surface area contributed by atoms with Crippen LogP contribution in [0.15, 0.2) is 18.2 Å². The van der Waals surface area contributed by atoms with Crippen LogP contribution in [0.1, 0.15) is 36.5 Å². The molecule has 6 heteroatoms. The number of carboxylic acids is 1. The highest BCUT2D eigenvalue weighted by Gasteiger charge is 2.44. The standard InChI is InChI=1S/C15H17NO5/c1-15(14(18)19)6-2-3-7-16(15)13(17)10-4-5-11-12(8-10)21-9-20-11/h4-5,8H,2-3,6-7,9H2,1H3,(H,18,19). The van der Waals surface area contributed by atoms with E-state index in [-0.39, 0.29) is 12.7 Å². The molecule has 1 N–H and O–H groups in total. The van der Waals surface area contributed by atoms with Crippen LogP contribution in [-0.2, 0) is 4.79 Å². The van der Waals surface area contributed by atoms with Crippen molar-refractivity contribution in [1.82, 2.24) is 4.90 Å². The maximum atomic E-state index is 12.7. The molecule has 1 saturated heterocycles. The first-order valence-electron chi connectivity index (χ1n) is 6.97. The first-order chi connectivity index (χ1) is 10.0. The third kappa shape index (κ3) is 2.20. The zero-order valence-electron chi connectivity index (χ0n) is 11.8. The Labute approximate surface area is 122 Å². The number of hydrogen-bond donors (Lipinski definition) is 1. The molecule has 6 nitrogen and oxygen atoms in total. The fourth-order valence-electron chi connectivity index (χ4n) is 2.85. The van der Waals surface area contributed by atoms with Crippen LogP contribution >= 0.6 is 0 Å². The Hall–Kier alpha value is -2.24. The minimum absolute atomic E-state index is 0.142. The smallest absolute Gasteiger partial charge is 0.329 e. The maximum absolute atomic E-state index is 12.7. The van der Waals surface area contributed by atoms with Gasteiger partial charge in [0.05, 0.1) is 0 Å². The van der Waals surface area contributed by atoms with Gasteiger partial charge in [-0.3, -0.25) is 4.79 Å². The number of benzene rings is 1. The molecule has 0 aromatic heterocycles. The van der Waals surface area contributed by atoms with Gasteiger partial charge in [-0.2, -0.15) is 0 Å². The van der Waals surface area contributed by atoms with Crippen molar-refractivity contribution in [2.75, 3.05) is 13.3 Å². The number of likely N-dealkylation sites (tertiary alicyclic amines) is 1. The van der Waals surface area contributed by atoms with E-state index in [1.165, 1.54) is 4.90 Å². The monoisotopic (exact) mass is 291 g/mol. The topological polar surface area (TPSA) is 76.1 Å². The number of hydrogen-bond acceptors (Lipinski definition) is 4. The zero-order valence-corrected chi connectivity index (χ0v) is 11.8. The van der Waals surface area contributed by atoms with Crippen LogP contribution in [0.5, 0.6) is 11.5 Å². The largest absolute Gasteiger partial charge is 0.480 e. The van der Waals surface area contributed by atoms with Gasteiger partial charge in [-0.05, 0) is 44.4 Å². The predicted molar refractivity (Wildman–Crippen MR) is 73.5 cm³/mol. The van der Waals surface area contributed by atoms with Gasteiger partial charge in [-0.1, -0.05) is 0 Å². The van der Waals surface area contributed by atoms with Gasteiger partial charge in [0, 0.05) is 12.1 Å². The van der Waals surface area contributed by atoms with E-state index in [9.17, 15) is 14.7 Å². The van der Waals surface area contributed by atoms with Crippen molar-refractivity contribution in [3.8, 4) is 11.5 Å². The fraction of sp³-hybridized carbons (Fsp3) is 0.467. The third-order valence-corrected chi connectivity index (χ3v) is 4.22. The Morgan fingerprint density at radius 2 is 2.00 bits per heavy atom. The Bertz CT molecular complexity index is 600. The highest BCUT2D eigenvalue weighted by atomic mass is 16.7. The summed E-state index contributed by atoms with van der Waals surface area (Å²) in [7, 11) is 0. The summed E-state index contributed by atoms with van der Waals surface area (Å²) in [5.74, 6) is -0.115. The number of amides is 1. The summed E-state index contributed by atoms with van der Waals surface area (Å²) in [5.41, 5.74) is -0.722. The molecule has 21 heavy (non-hydrogen) atoms. The van der Waals surface area contributed by atoms with Gasteiger partial charge >= 0.3 is 5.97 Å². The van der Waals surface area contributed by atoms with E-state index in [2.05, 4.69) is 0 Å². The second-order valence-electron chi connectivity index (χ2n) is 5.56. The first kappa shape index (κ1) is 13.7. The number of rotatable bonds is 2. The summed E-state index contributed by atoms with van der Waals surface area (Å²) in [5, 5.41) is 9.48. The molecule has 112 valence electrons. The van der Waals surface area contributed by atoms with E-state index in [0.29, 0.717) is 30.0 Å². The molecule has 1 aromatic carbocycles. The minimum Gasteiger partial charge on any atom is -0.480 e. The van der Waals surface area contributed by atoms with Crippen LogP contribution in [-0.4, -0.2) is 40.8 Å². The van der Waals surface area contributed by atoms with E-state index >= 15 is 0 Å². The predicted octanol–water partition coefficient (Wildman–Crippen LogP) is 1.88. The van der Waals surface area contributed by atoms with Crippen molar-refractivity contribution in [3.63, 3.8) is 0 Å². The first-order valence-corrected chi connectivity index (χ1v) is 6.97. The molecule has 1 unspecified atom stereocenters. The van der Waals surface area contributed by atoms with Gasteiger partial charge in [0.1, 0.15) is 5.54 Å². The number of carbonyl (C=O) groups is 2. The molecule has 1 atom stereocenters. The average Bonchev–Trinajstić information content (AvgIpc) is 2.94. The van der Waals surface area contributed by atoms with Gasteiger partial charge in [0.15, 0.2) is 11.5 Å². The Morgan fingerprint density at radius 3 is 2.76 bits per heavy atom. The summed E-state index contributed by atoms with van der Waals surface area (Å²) < 4.78 is 10.5. The summed E-state index contributed by atoms with van der Waals surface area (Å²) in [6.07, 6.45) is 2.10. The second kappa shape index (κ2) is 4.95. The van der Waals surface area contributed by atoms with Crippen LogP contribution in [0.3, 0.4) is 0 Å². The van der Waals surface area contributed by atoms with Crippen LogP contribution in [0.25, 0.3) is 0 Å². The SMILES string of the molecule is CC1(C(=O)O)CCCCN1C(=O)c1ccc2c(c1)OCO2. The van der Waals surface area contributed by atoms with Crippen molar-refractivity contribution in [2.45, 2.75) is 31.7 Å². The Morgan fingerprint density at radius 1 is 1.24 bits per heavy atom. The number of fused-ring (bicyclic) bond motifs is 1. The zero-order chi connectivity index (χ0) is 15.0. The lowest BCUT2D eigenvalue weighted by Crippen LogP contribution is -2.57. The highest BCUT2D eigenvalue weighted by molar-refractivity contribution is 5.98. The van der Waals surface area contributed by atoms with Crippen molar-refractivity contribution in [2.24, 2.45) is 0 Å². The molecule has 3 rings (SSSR count). The van der Waals surface area contributed by atoms with Crippen molar-refractivity contribution in [3.05, 3.63) is 23.8 Å². The summed E-state index contributed by atoms with van der Waals surface area (Å²) in [6, 6.07) is 4.94. The van der Waals surface area contributed by atoms with Gasteiger partial charge in [0.25, 0.3) is 5.91 Å². The molecule has 0 bridgehead atoms. The third-order valence-electron chi connectivity index (χ3n) is 4.22. The van der Waals surface area contributed by atoms with Gasteiger partial charge in [0.2, 0.25) is 6.79 Å². The fourth-order valence-corrected chi connectivity index (χ4v) is 2.85. The minimum atomic E-state index is -1.15. The van der Waals surface area contributed by atoms with Gasteiger partial charge in [-0.25, -0.2) is 4.79 Å². The summed E-state index contributed by atoms with van der Waals surface area (Å²) >= 11 is 0. The van der Waals surface area contributed by atoms with Crippen molar-refractivity contribution in [1.29, 1.82) is 0 Å². The quantitative estimate of drug-likeness (QED) is 0.900. The lowest BCUT2D eigenvalue weighted by molar-refractivity contribution is -0.150. The lowest BCUT2D eigenvalue weighted by atomic mass is 9.88. The van der Waals surface area contributed by atoms with Crippen molar-refractivity contribution >= 4 is 11.9 Å². The second-order valence-corrected chi connectivity index (χ2v) is 5.56. The molecule has 1 amide bonds. The number of carboxylic acid groups (broad SMARTS) is 1. The van der Waals surface area contributed by atoms with Crippen LogP contribution < -0.4 is 9.47 Å². The summed E-state index contributed by atoms with van der Waals surface area (Å²) in [6.45, 7) is 2.21. The normalized spacial score (nSPS) is 24.0. The maximum Gasteiger partial charge on any atom is 0.329 e. The van der Waals surface area contributed by atoms with Gasteiger partial charge in [-0.15, -0.1) is 0 Å². The summed E-state index contributed by atoms with van der Waals surface area (Å²) in [4.78, 5) is 25.7. The molecule has 2 heterocycles. The van der Waals surface area contributed by atoms with E-state index in [0.717, 1.165) is 12.8 Å². The average molecular weight is 291 g/mol. The highest BCUT2D eigenvalue weighted by Crippen LogP contribution is 2.35. The molecule has 1 aromatic rings. The molecule has 0 radical (unpaired) electrons. The van der Waals surface area contributed by atoms with Crippen LogP contribution in [0, 0.1) is 0 Å². The van der Waals surface area contributed by atoms with Gasteiger partial charge < -0.3 is 19.5 Å². The number of piperidine rings is 1. The molecule has 0 spiro atoms. The van der Waals surface area contributed by atoms with Crippen LogP contribution in [0.2, 0.25) is 0 Å². The number of nitrogens with zero attached hydrogens (tertiary/aromatic N) is 1. The molecule has 0 aliphatic carbocycles. The molecular weight excluding hydrogens is 274 g/mol. The van der Waals surface area contributed by atoms with E-state index in [1.807, 2.05) is 0 Å². The Balaban J connectivity index is 1.91. The molecular formula is C15H17NO5. The molecule has 1 fully saturated rings. The van der Waals surface area contributed by atoms with E-state index < -0.39 is 11.5 Å². The number of carbonyl (C=O) groups excluding carboxylic acids is 1. The van der Waals surface area contributed by atoms with E-state index in [4.69, 9.17) is 9.47 Å². The Kier molecular flexibility index (Phi) is 3.23. The van der Waals surface area contributed by atoms with E-state index in [1.54, 1.807) is 25.1 Å². The molecule has 2 aliphatic heterocycles. The lowest BCUT2D eigenvalue weighted by Gasteiger charge is -2.41. The van der Waals surface area contributed by atoms with Crippen LogP contribution in [0.4, 0.5) is 0 Å². The molecule has 2 aliphatic rings. The van der Waals surface area contributed by atoms with Crippen molar-refractivity contribution < 1.29 is 24.2 Å². The molecule has 0 saturated carbocycles. The number of aliphatic carboxylic acids is 1. The number of ether oxygens (including phenoxy) is 2.